The lowest BCUT2D eigenvalue weighted by atomic mass is 10.2. The SMILES string of the molecule is CCC1CN(c2ccc(Cl)c(CNC3CC3)n2)CCO1. The van der Waals surface area contributed by atoms with Gasteiger partial charge in [0.1, 0.15) is 5.82 Å². The Morgan fingerprint density at radius 3 is 3.05 bits per heavy atom. The van der Waals surface area contributed by atoms with E-state index in [-0.39, 0.29) is 0 Å². The number of pyridine rings is 1. The molecule has 0 aromatic carbocycles. The van der Waals surface area contributed by atoms with Crippen LogP contribution in [0.5, 0.6) is 0 Å². The van der Waals surface area contributed by atoms with Gasteiger partial charge in [-0.05, 0) is 31.4 Å². The summed E-state index contributed by atoms with van der Waals surface area (Å²) in [7, 11) is 0. The van der Waals surface area contributed by atoms with E-state index in [0.29, 0.717) is 12.1 Å². The second kappa shape index (κ2) is 6.29. The molecule has 1 aliphatic heterocycles. The maximum absolute atomic E-state index is 6.25. The van der Waals surface area contributed by atoms with E-state index >= 15 is 0 Å². The third-order valence-corrected chi connectivity index (χ3v) is 4.30. The number of rotatable bonds is 5. The van der Waals surface area contributed by atoms with E-state index in [9.17, 15) is 0 Å². The first-order valence-corrected chi connectivity index (χ1v) is 7.89. The molecular formula is C15H22ClN3O. The van der Waals surface area contributed by atoms with E-state index in [2.05, 4.69) is 17.1 Å². The summed E-state index contributed by atoms with van der Waals surface area (Å²) in [5, 5.41) is 4.23. The van der Waals surface area contributed by atoms with Gasteiger partial charge in [0, 0.05) is 25.7 Å². The Balaban J connectivity index is 1.70. The van der Waals surface area contributed by atoms with Gasteiger partial charge < -0.3 is 15.0 Å². The summed E-state index contributed by atoms with van der Waals surface area (Å²) in [4.78, 5) is 7.04. The molecule has 0 bridgehead atoms. The fraction of sp³-hybridized carbons (Fsp3) is 0.667. The lowest BCUT2D eigenvalue weighted by Gasteiger charge is -2.33. The van der Waals surface area contributed by atoms with Gasteiger partial charge in [0.2, 0.25) is 0 Å². The van der Waals surface area contributed by atoms with Gasteiger partial charge in [-0.2, -0.15) is 0 Å². The number of ether oxygens (including phenoxy) is 1. The maximum Gasteiger partial charge on any atom is 0.129 e. The quantitative estimate of drug-likeness (QED) is 0.906. The minimum Gasteiger partial charge on any atom is -0.375 e. The number of morpholine rings is 1. The van der Waals surface area contributed by atoms with E-state index in [1.165, 1.54) is 12.8 Å². The van der Waals surface area contributed by atoms with Gasteiger partial charge in [-0.1, -0.05) is 18.5 Å². The number of aromatic nitrogens is 1. The molecule has 2 aliphatic rings. The van der Waals surface area contributed by atoms with Crippen molar-refractivity contribution in [2.24, 2.45) is 0 Å². The number of anilines is 1. The third kappa shape index (κ3) is 3.43. The Morgan fingerprint density at radius 2 is 2.30 bits per heavy atom. The molecule has 1 saturated heterocycles. The zero-order valence-electron chi connectivity index (χ0n) is 11.9. The van der Waals surface area contributed by atoms with Gasteiger partial charge in [-0.25, -0.2) is 4.98 Å². The number of nitrogens with zero attached hydrogens (tertiary/aromatic N) is 2. The van der Waals surface area contributed by atoms with E-state index < -0.39 is 0 Å². The van der Waals surface area contributed by atoms with E-state index in [1.807, 2.05) is 12.1 Å². The molecule has 1 aliphatic carbocycles. The normalized spacial score (nSPS) is 23.1. The molecule has 5 heteroatoms. The van der Waals surface area contributed by atoms with Crippen molar-refractivity contribution in [1.29, 1.82) is 0 Å². The fourth-order valence-electron chi connectivity index (χ4n) is 2.48. The molecule has 0 radical (unpaired) electrons. The van der Waals surface area contributed by atoms with Crippen molar-refractivity contribution >= 4 is 17.4 Å². The van der Waals surface area contributed by atoms with Crippen molar-refractivity contribution in [3.8, 4) is 0 Å². The van der Waals surface area contributed by atoms with Gasteiger partial charge in [0.25, 0.3) is 0 Å². The van der Waals surface area contributed by atoms with E-state index in [1.54, 1.807) is 0 Å². The highest BCUT2D eigenvalue weighted by Crippen LogP contribution is 2.24. The van der Waals surface area contributed by atoms with Crippen LogP contribution in [-0.4, -0.2) is 36.8 Å². The average Bonchev–Trinajstić information content (AvgIpc) is 3.31. The van der Waals surface area contributed by atoms with Crippen molar-refractivity contribution in [2.75, 3.05) is 24.6 Å². The van der Waals surface area contributed by atoms with Crippen LogP contribution in [0.25, 0.3) is 0 Å². The first kappa shape index (κ1) is 14.1. The Bertz CT molecular complexity index is 464. The Kier molecular flexibility index (Phi) is 4.44. The number of nitrogens with one attached hydrogen (secondary N) is 1. The molecule has 20 heavy (non-hydrogen) atoms. The van der Waals surface area contributed by atoms with E-state index in [4.69, 9.17) is 21.3 Å². The molecule has 1 N–H and O–H groups in total. The highest BCUT2D eigenvalue weighted by Gasteiger charge is 2.22. The summed E-state index contributed by atoms with van der Waals surface area (Å²) in [6, 6.07) is 4.65. The summed E-state index contributed by atoms with van der Waals surface area (Å²) in [6.07, 6.45) is 3.91. The minimum absolute atomic E-state index is 0.314. The molecule has 110 valence electrons. The lowest BCUT2D eigenvalue weighted by Crippen LogP contribution is -2.42. The molecular weight excluding hydrogens is 274 g/mol. The highest BCUT2D eigenvalue weighted by atomic mass is 35.5. The Morgan fingerprint density at radius 1 is 1.45 bits per heavy atom. The average molecular weight is 296 g/mol. The summed E-state index contributed by atoms with van der Waals surface area (Å²) in [5.41, 5.74) is 0.954. The van der Waals surface area contributed by atoms with Crippen molar-refractivity contribution < 1.29 is 4.74 Å². The monoisotopic (exact) mass is 295 g/mol. The van der Waals surface area contributed by atoms with Crippen molar-refractivity contribution in [3.05, 3.63) is 22.8 Å². The molecule has 1 aromatic rings. The third-order valence-electron chi connectivity index (χ3n) is 3.96. The number of halogens is 1. The van der Waals surface area contributed by atoms with Gasteiger partial charge in [0.05, 0.1) is 23.4 Å². The van der Waals surface area contributed by atoms with Gasteiger partial charge in [-0.3, -0.25) is 0 Å². The zero-order valence-corrected chi connectivity index (χ0v) is 12.7. The predicted octanol–water partition coefficient (Wildman–Crippen LogP) is 2.60. The van der Waals surface area contributed by atoms with E-state index in [0.717, 1.165) is 49.2 Å². The molecule has 1 unspecified atom stereocenters. The molecule has 0 spiro atoms. The molecule has 2 fully saturated rings. The molecule has 1 atom stereocenters. The van der Waals surface area contributed by atoms with Crippen molar-refractivity contribution in [3.63, 3.8) is 0 Å². The molecule has 4 nitrogen and oxygen atoms in total. The summed E-state index contributed by atoms with van der Waals surface area (Å²) < 4.78 is 5.71. The molecule has 1 saturated carbocycles. The first-order valence-electron chi connectivity index (χ1n) is 7.51. The Hall–Kier alpha value is -0.840. The fourth-order valence-corrected chi connectivity index (χ4v) is 2.65. The van der Waals surface area contributed by atoms with Crippen LogP contribution in [0.1, 0.15) is 31.9 Å². The largest absolute Gasteiger partial charge is 0.375 e. The van der Waals surface area contributed by atoms with Gasteiger partial charge >= 0.3 is 0 Å². The smallest absolute Gasteiger partial charge is 0.129 e. The van der Waals surface area contributed by atoms with Gasteiger partial charge in [0.15, 0.2) is 0 Å². The van der Waals surface area contributed by atoms with Crippen LogP contribution in [0.2, 0.25) is 5.02 Å². The van der Waals surface area contributed by atoms with Crippen LogP contribution in [0.4, 0.5) is 5.82 Å². The molecule has 3 rings (SSSR count). The second-order valence-electron chi connectivity index (χ2n) is 5.60. The molecule has 2 heterocycles. The van der Waals surface area contributed by atoms with Crippen LogP contribution < -0.4 is 10.2 Å². The number of hydrogen-bond acceptors (Lipinski definition) is 4. The van der Waals surface area contributed by atoms with Crippen molar-refractivity contribution in [2.45, 2.75) is 44.9 Å². The van der Waals surface area contributed by atoms with Crippen LogP contribution in [0.3, 0.4) is 0 Å². The molecule has 1 aromatic heterocycles. The first-order chi connectivity index (χ1) is 9.76. The predicted molar refractivity (Wildman–Crippen MR) is 81.4 cm³/mol. The minimum atomic E-state index is 0.314. The van der Waals surface area contributed by atoms with Gasteiger partial charge in [-0.15, -0.1) is 0 Å². The summed E-state index contributed by atoms with van der Waals surface area (Å²) in [6.45, 7) is 5.52. The second-order valence-corrected chi connectivity index (χ2v) is 6.01. The number of hydrogen-bond donors (Lipinski definition) is 1. The van der Waals surface area contributed by atoms with Crippen LogP contribution in [0, 0.1) is 0 Å². The topological polar surface area (TPSA) is 37.4 Å². The summed E-state index contributed by atoms with van der Waals surface area (Å²) >= 11 is 6.25. The van der Waals surface area contributed by atoms with Crippen molar-refractivity contribution in [1.82, 2.24) is 10.3 Å². The Labute approximate surface area is 125 Å². The maximum atomic E-state index is 6.25. The van der Waals surface area contributed by atoms with Crippen LogP contribution in [-0.2, 0) is 11.3 Å². The lowest BCUT2D eigenvalue weighted by molar-refractivity contribution is 0.0381. The zero-order chi connectivity index (χ0) is 13.9. The van der Waals surface area contributed by atoms with Crippen LogP contribution in [0.15, 0.2) is 12.1 Å². The standard InChI is InChI=1S/C15H22ClN3O/c1-2-12-10-19(7-8-20-12)15-6-5-13(16)14(18-15)9-17-11-3-4-11/h5-6,11-12,17H,2-4,7-10H2,1H3. The van der Waals surface area contributed by atoms with Crippen LogP contribution >= 0.6 is 11.6 Å². The molecule has 0 amide bonds. The summed E-state index contributed by atoms with van der Waals surface area (Å²) in [5.74, 6) is 1.02. The highest BCUT2D eigenvalue weighted by molar-refractivity contribution is 6.31.